The molecular weight excluding hydrogens is 180 g/mol. The van der Waals surface area contributed by atoms with Crippen LogP contribution in [-0.2, 0) is 9.59 Å². The van der Waals surface area contributed by atoms with Crippen LogP contribution in [0.2, 0.25) is 0 Å². The normalized spacial score (nSPS) is 44.2. The first-order valence-corrected chi connectivity index (χ1v) is 4.88. The molecule has 2 saturated carbocycles. The quantitative estimate of drug-likeness (QED) is 0.487. The summed E-state index contributed by atoms with van der Waals surface area (Å²) >= 11 is 0. The highest BCUT2D eigenvalue weighted by molar-refractivity contribution is 5.39. The molecule has 14 heavy (non-hydrogen) atoms. The molecule has 0 N–H and O–H groups in total. The summed E-state index contributed by atoms with van der Waals surface area (Å²) in [5.41, 5.74) is -0.498. The van der Waals surface area contributed by atoms with Crippen molar-refractivity contribution in [3.63, 3.8) is 0 Å². The van der Waals surface area contributed by atoms with Crippen LogP contribution in [0.1, 0.15) is 26.2 Å². The SMILES string of the molecule is CC1(N=C=O)C2CCC(C2)C1N=C=O. The van der Waals surface area contributed by atoms with Crippen LogP contribution in [0.4, 0.5) is 0 Å². The molecule has 0 aliphatic heterocycles. The standard InChI is InChI=1S/C10H12N2O2/c1-10(12-6-14)8-3-2-7(4-8)9(10)11-5-13/h7-9H,2-4H2,1H3. The zero-order chi connectivity index (χ0) is 10.2. The topological polar surface area (TPSA) is 58.9 Å². The van der Waals surface area contributed by atoms with Gasteiger partial charge in [-0.2, -0.15) is 9.98 Å². The van der Waals surface area contributed by atoms with Crippen molar-refractivity contribution in [3.8, 4) is 0 Å². The van der Waals surface area contributed by atoms with Gasteiger partial charge in [0.15, 0.2) is 0 Å². The van der Waals surface area contributed by atoms with Crippen LogP contribution in [0, 0.1) is 11.8 Å². The fraction of sp³-hybridized carbons (Fsp3) is 0.800. The van der Waals surface area contributed by atoms with Crippen molar-refractivity contribution in [2.45, 2.75) is 37.8 Å². The van der Waals surface area contributed by atoms with Gasteiger partial charge in [-0.15, -0.1) is 0 Å². The number of aliphatic imine (C=N–C) groups is 2. The minimum atomic E-state index is -0.498. The Morgan fingerprint density at radius 2 is 2.07 bits per heavy atom. The molecule has 2 bridgehead atoms. The first kappa shape index (κ1) is 9.32. The minimum Gasteiger partial charge on any atom is -0.211 e. The summed E-state index contributed by atoms with van der Waals surface area (Å²) in [5, 5.41) is 0. The van der Waals surface area contributed by atoms with E-state index in [2.05, 4.69) is 9.98 Å². The van der Waals surface area contributed by atoms with Gasteiger partial charge < -0.3 is 0 Å². The van der Waals surface area contributed by atoms with E-state index in [1.165, 1.54) is 0 Å². The summed E-state index contributed by atoms with van der Waals surface area (Å²) in [6, 6.07) is -0.153. The summed E-state index contributed by atoms with van der Waals surface area (Å²) in [4.78, 5) is 28.3. The number of carbonyl (C=O) groups excluding carboxylic acids is 2. The van der Waals surface area contributed by atoms with Crippen molar-refractivity contribution >= 4 is 12.2 Å². The van der Waals surface area contributed by atoms with E-state index in [1.54, 1.807) is 12.2 Å². The van der Waals surface area contributed by atoms with Crippen molar-refractivity contribution < 1.29 is 9.59 Å². The van der Waals surface area contributed by atoms with Gasteiger partial charge in [0.1, 0.15) is 0 Å². The lowest BCUT2D eigenvalue weighted by Crippen LogP contribution is -2.41. The molecule has 0 heterocycles. The molecule has 0 spiro atoms. The van der Waals surface area contributed by atoms with Crippen molar-refractivity contribution in [3.05, 3.63) is 0 Å². The zero-order valence-electron chi connectivity index (χ0n) is 8.06. The van der Waals surface area contributed by atoms with Crippen LogP contribution in [0.15, 0.2) is 9.98 Å². The van der Waals surface area contributed by atoms with Crippen molar-refractivity contribution in [2.24, 2.45) is 21.8 Å². The van der Waals surface area contributed by atoms with Gasteiger partial charge in [0.05, 0.1) is 11.6 Å². The van der Waals surface area contributed by atoms with E-state index in [-0.39, 0.29) is 6.04 Å². The predicted molar refractivity (Wildman–Crippen MR) is 49.3 cm³/mol. The van der Waals surface area contributed by atoms with Crippen LogP contribution in [0.25, 0.3) is 0 Å². The maximum absolute atomic E-state index is 10.4. The maximum Gasteiger partial charge on any atom is 0.235 e. The Morgan fingerprint density at radius 3 is 2.71 bits per heavy atom. The number of hydrogen-bond donors (Lipinski definition) is 0. The van der Waals surface area contributed by atoms with E-state index < -0.39 is 5.54 Å². The van der Waals surface area contributed by atoms with E-state index in [0.717, 1.165) is 19.3 Å². The van der Waals surface area contributed by atoms with Crippen LogP contribution in [0.5, 0.6) is 0 Å². The van der Waals surface area contributed by atoms with Gasteiger partial charge in [0, 0.05) is 0 Å². The van der Waals surface area contributed by atoms with E-state index >= 15 is 0 Å². The zero-order valence-corrected chi connectivity index (χ0v) is 8.06. The Bertz CT molecular complexity index is 342. The summed E-state index contributed by atoms with van der Waals surface area (Å²) in [6.07, 6.45) is 6.40. The molecule has 2 fully saturated rings. The summed E-state index contributed by atoms with van der Waals surface area (Å²) in [5.74, 6) is 0.791. The van der Waals surface area contributed by atoms with Crippen molar-refractivity contribution in [1.82, 2.24) is 0 Å². The highest BCUT2D eigenvalue weighted by Gasteiger charge is 2.56. The molecule has 4 atom stereocenters. The molecular formula is C10H12N2O2. The van der Waals surface area contributed by atoms with Crippen molar-refractivity contribution in [1.29, 1.82) is 0 Å². The predicted octanol–water partition coefficient (Wildman–Crippen LogP) is 1.22. The lowest BCUT2D eigenvalue weighted by molar-refractivity contribution is 0.259. The minimum absolute atomic E-state index is 0.153. The van der Waals surface area contributed by atoms with Gasteiger partial charge in [0.25, 0.3) is 0 Å². The molecule has 0 aromatic carbocycles. The number of hydrogen-bond acceptors (Lipinski definition) is 4. The largest absolute Gasteiger partial charge is 0.235 e. The van der Waals surface area contributed by atoms with Crippen LogP contribution >= 0.6 is 0 Å². The fourth-order valence-corrected chi connectivity index (χ4v) is 3.10. The molecule has 0 saturated heterocycles. The number of nitrogens with zero attached hydrogens (tertiary/aromatic N) is 2. The smallest absolute Gasteiger partial charge is 0.211 e. The second-order valence-electron chi connectivity index (χ2n) is 4.36. The van der Waals surface area contributed by atoms with Gasteiger partial charge in [-0.25, -0.2) is 9.59 Å². The molecule has 2 aliphatic rings. The fourth-order valence-electron chi connectivity index (χ4n) is 3.10. The molecule has 0 aromatic heterocycles. The van der Waals surface area contributed by atoms with Gasteiger partial charge in [0.2, 0.25) is 12.2 Å². The molecule has 0 radical (unpaired) electrons. The second-order valence-corrected chi connectivity index (χ2v) is 4.36. The average Bonchev–Trinajstić information content (AvgIpc) is 2.70. The Labute approximate surface area is 82.1 Å². The monoisotopic (exact) mass is 192 g/mol. The highest BCUT2D eigenvalue weighted by atomic mass is 16.1. The number of isocyanates is 2. The molecule has 2 rings (SSSR count). The number of fused-ring (bicyclic) bond motifs is 2. The third-order valence-corrected chi connectivity index (χ3v) is 3.82. The van der Waals surface area contributed by atoms with E-state index in [4.69, 9.17) is 0 Å². The first-order chi connectivity index (χ1) is 6.72. The molecule has 4 unspecified atom stereocenters. The summed E-state index contributed by atoms with van der Waals surface area (Å²) in [7, 11) is 0. The van der Waals surface area contributed by atoms with E-state index in [9.17, 15) is 9.59 Å². The van der Waals surface area contributed by atoms with Crippen LogP contribution in [0.3, 0.4) is 0 Å². The Morgan fingerprint density at radius 1 is 1.29 bits per heavy atom. The Hall–Kier alpha value is -1.24. The molecule has 4 nitrogen and oxygen atoms in total. The molecule has 4 heteroatoms. The molecule has 0 aromatic rings. The van der Waals surface area contributed by atoms with Crippen LogP contribution < -0.4 is 0 Å². The third kappa shape index (κ3) is 1.08. The Kier molecular flexibility index (Phi) is 2.10. The molecule has 2 aliphatic carbocycles. The third-order valence-electron chi connectivity index (χ3n) is 3.82. The van der Waals surface area contributed by atoms with Crippen LogP contribution in [-0.4, -0.2) is 23.7 Å². The summed E-state index contributed by atoms with van der Waals surface area (Å²) < 4.78 is 0. The highest BCUT2D eigenvalue weighted by Crippen LogP contribution is 2.53. The van der Waals surface area contributed by atoms with Gasteiger partial charge in [-0.1, -0.05) is 0 Å². The maximum atomic E-state index is 10.4. The average molecular weight is 192 g/mol. The summed E-state index contributed by atoms with van der Waals surface area (Å²) in [6.45, 7) is 1.90. The number of rotatable bonds is 2. The molecule has 74 valence electrons. The van der Waals surface area contributed by atoms with Gasteiger partial charge in [-0.3, -0.25) is 0 Å². The van der Waals surface area contributed by atoms with E-state index in [1.807, 2.05) is 6.92 Å². The lowest BCUT2D eigenvalue weighted by Gasteiger charge is -2.32. The van der Waals surface area contributed by atoms with E-state index in [0.29, 0.717) is 11.8 Å². The van der Waals surface area contributed by atoms with Crippen molar-refractivity contribution in [2.75, 3.05) is 0 Å². The van der Waals surface area contributed by atoms with Gasteiger partial charge >= 0.3 is 0 Å². The Balaban J connectivity index is 2.38. The molecule has 0 amide bonds. The lowest BCUT2D eigenvalue weighted by atomic mass is 9.79. The first-order valence-electron chi connectivity index (χ1n) is 4.88. The second kappa shape index (κ2) is 3.16. The van der Waals surface area contributed by atoms with Gasteiger partial charge in [-0.05, 0) is 38.0 Å².